The summed E-state index contributed by atoms with van der Waals surface area (Å²) in [5.74, 6) is 1.03. The van der Waals surface area contributed by atoms with Gasteiger partial charge in [-0.1, -0.05) is 12.1 Å². The van der Waals surface area contributed by atoms with Crippen molar-refractivity contribution in [3.8, 4) is 5.75 Å². The number of aromatic hydroxyl groups is 1. The average molecular weight is 242 g/mol. The number of phenolic OH excluding ortho intramolecular Hbond substituents is 1. The summed E-state index contributed by atoms with van der Waals surface area (Å²) in [6, 6.07) is 7.80. The maximum atomic E-state index is 9.83. The van der Waals surface area contributed by atoms with Gasteiger partial charge in [0.05, 0.1) is 0 Å². The number of phenols is 1. The van der Waals surface area contributed by atoms with Crippen LogP contribution < -0.4 is 5.32 Å². The fraction of sp³-hybridized carbons (Fsp3) is 0.400. The second kappa shape index (κ2) is 4.94. The molecule has 0 aliphatic carbocycles. The van der Waals surface area contributed by atoms with E-state index in [1.807, 2.05) is 12.1 Å². The van der Waals surface area contributed by atoms with Crippen molar-refractivity contribution in [2.75, 3.05) is 13.1 Å². The molecule has 2 N–H and O–H groups in total. The number of hydrogen-bond acceptors (Lipinski definition) is 3. The zero-order valence-electron chi connectivity index (χ0n) is 10.4. The molecule has 94 valence electrons. The maximum Gasteiger partial charge on any atom is 0.141 e. The Bertz CT molecular complexity index is 547. The van der Waals surface area contributed by atoms with Crippen molar-refractivity contribution in [2.24, 2.45) is 5.92 Å². The van der Waals surface area contributed by atoms with Gasteiger partial charge in [0.25, 0.3) is 0 Å². The summed E-state index contributed by atoms with van der Waals surface area (Å²) in [4.78, 5) is 4.27. The first-order chi connectivity index (χ1) is 8.84. The van der Waals surface area contributed by atoms with Gasteiger partial charge in [0.2, 0.25) is 0 Å². The zero-order valence-corrected chi connectivity index (χ0v) is 10.4. The molecule has 18 heavy (non-hydrogen) atoms. The van der Waals surface area contributed by atoms with Crippen LogP contribution in [0.3, 0.4) is 0 Å². The molecule has 3 heteroatoms. The van der Waals surface area contributed by atoms with Crippen molar-refractivity contribution in [3.05, 3.63) is 36.0 Å². The molecule has 0 bridgehead atoms. The monoisotopic (exact) mass is 242 g/mol. The van der Waals surface area contributed by atoms with Gasteiger partial charge in [-0.3, -0.25) is 4.98 Å². The van der Waals surface area contributed by atoms with Crippen molar-refractivity contribution in [1.29, 1.82) is 0 Å². The normalized spacial score (nSPS) is 17.1. The largest absolute Gasteiger partial charge is 0.506 e. The minimum absolute atomic E-state index is 0.277. The number of nitrogens with one attached hydrogen (secondary N) is 1. The van der Waals surface area contributed by atoms with E-state index < -0.39 is 0 Å². The SMILES string of the molecule is Oc1ccc(CC2CCNCC2)c2cccnc12. The molecule has 3 rings (SSSR count). The molecule has 1 aliphatic heterocycles. The van der Waals surface area contributed by atoms with Crippen LogP contribution in [-0.4, -0.2) is 23.2 Å². The maximum absolute atomic E-state index is 9.83. The van der Waals surface area contributed by atoms with Crippen LogP contribution in [0.5, 0.6) is 5.75 Å². The van der Waals surface area contributed by atoms with Crippen LogP contribution in [0.1, 0.15) is 18.4 Å². The summed E-state index contributed by atoms with van der Waals surface area (Å²) in [7, 11) is 0. The Labute approximate surface area is 107 Å². The van der Waals surface area contributed by atoms with E-state index in [1.54, 1.807) is 12.3 Å². The van der Waals surface area contributed by atoms with Crippen molar-refractivity contribution in [2.45, 2.75) is 19.3 Å². The Balaban J connectivity index is 1.94. The Morgan fingerprint density at radius 3 is 2.89 bits per heavy atom. The van der Waals surface area contributed by atoms with E-state index in [1.165, 1.54) is 18.4 Å². The lowest BCUT2D eigenvalue weighted by Gasteiger charge is -2.23. The summed E-state index contributed by atoms with van der Waals surface area (Å²) < 4.78 is 0. The summed E-state index contributed by atoms with van der Waals surface area (Å²) in [6.45, 7) is 2.25. The number of aromatic nitrogens is 1. The lowest BCUT2D eigenvalue weighted by Crippen LogP contribution is -2.28. The molecule has 2 heterocycles. The highest BCUT2D eigenvalue weighted by molar-refractivity contribution is 5.87. The number of pyridine rings is 1. The molecular formula is C15H18N2O. The van der Waals surface area contributed by atoms with Crippen LogP contribution in [0, 0.1) is 5.92 Å². The molecule has 1 saturated heterocycles. The van der Waals surface area contributed by atoms with Crippen molar-refractivity contribution < 1.29 is 5.11 Å². The Kier molecular flexibility index (Phi) is 3.15. The zero-order chi connectivity index (χ0) is 12.4. The van der Waals surface area contributed by atoms with Gasteiger partial charge in [-0.2, -0.15) is 0 Å². The Morgan fingerprint density at radius 2 is 2.06 bits per heavy atom. The predicted octanol–water partition coefficient (Wildman–Crippen LogP) is 2.48. The van der Waals surface area contributed by atoms with Gasteiger partial charge in [0.1, 0.15) is 11.3 Å². The van der Waals surface area contributed by atoms with Crippen LogP contribution >= 0.6 is 0 Å². The quantitative estimate of drug-likeness (QED) is 0.850. The number of rotatable bonds is 2. The van der Waals surface area contributed by atoms with E-state index in [0.717, 1.165) is 36.3 Å². The number of fused-ring (bicyclic) bond motifs is 1. The van der Waals surface area contributed by atoms with E-state index in [2.05, 4.69) is 16.4 Å². The summed E-state index contributed by atoms with van der Waals surface area (Å²) in [5, 5.41) is 14.3. The van der Waals surface area contributed by atoms with Crippen LogP contribution in [0.15, 0.2) is 30.5 Å². The first-order valence-corrected chi connectivity index (χ1v) is 6.61. The van der Waals surface area contributed by atoms with Crippen LogP contribution in [0.25, 0.3) is 10.9 Å². The molecule has 0 saturated carbocycles. The molecule has 1 aliphatic rings. The average Bonchev–Trinajstić information content (AvgIpc) is 2.44. The summed E-state index contributed by atoms with van der Waals surface area (Å²) in [5.41, 5.74) is 2.03. The smallest absolute Gasteiger partial charge is 0.141 e. The molecular weight excluding hydrogens is 224 g/mol. The van der Waals surface area contributed by atoms with Gasteiger partial charge in [-0.05, 0) is 56.0 Å². The van der Waals surface area contributed by atoms with Crippen molar-refractivity contribution in [3.63, 3.8) is 0 Å². The first-order valence-electron chi connectivity index (χ1n) is 6.61. The van der Waals surface area contributed by atoms with Crippen molar-refractivity contribution in [1.82, 2.24) is 10.3 Å². The first kappa shape index (κ1) is 11.5. The molecule has 0 atom stereocenters. The van der Waals surface area contributed by atoms with Crippen LogP contribution in [-0.2, 0) is 6.42 Å². The number of hydrogen-bond donors (Lipinski definition) is 2. The minimum Gasteiger partial charge on any atom is -0.506 e. The topological polar surface area (TPSA) is 45.1 Å². The lowest BCUT2D eigenvalue weighted by molar-refractivity contribution is 0.373. The minimum atomic E-state index is 0.277. The van der Waals surface area contributed by atoms with E-state index in [4.69, 9.17) is 0 Å². The fourth-order valence-electron chi connectivity index (χ4n) is 2.79. The van der Waals surface area contributed by atoms with Gasteiger partial charge >= 0.3 is 0 Å². The highest BCUT2D eigenvalue weighted by atomic mass is 16.3. The van der Waals surface area contributed by atoms with Gasteiger partial charge in [-0.25, -0.2) is 0 Å². The molecule has 1 aromatic carbocycles. The summed E-state index contributed by atoms with van der Waals surface area (Å²) in [6.07, 6.45) is 5.30. The lowest BCUT2D eigenvalue weighted by atomic mass is 9.89. The van der Waals surface area contributed by atoms with Gasteiger partial charge in [-0.15, -0.1) is 0 Å². The standard InChI is InChI=1S/C15H18N2O/c18-14-4-3-12(10-11-5-8-16-9-6-11)13-2-1-7-17-15(13)14/h1-4,7,11,16,18H,5-6,8-10H2. The fourth-order valence-corrected chi connectivity index (χ4v) is 2.79. The molecule has 3 nitrogen and oxygen atoms in total. The van der Waals surface area contributed by atoms with E-state index in [0.29, 0.717) is 0 Å². The predicted molar refractivity (Wildman–Crippen MR) is 72.7 cm³/mol. The Morgan fingerprint density at radius 1 is 1.22 bits per heavy atom. The molecule has 0 spiro atoms. The van der Waals surface area contributed by atoms with E-state index in [-0.39, 0.29) is 5.75 Å². The number of piperidine rings is 1. The van der Waals surface area contributed by atoms with Gasteiger partial charge in [0.15, 0.2) is 0 Å². The molecule has 2 aromatic rings. The molecule has 1 fully saturated rings. The number of benzene rings is 1. The molecule has 0 unspecified atom stereocenters. The Hall–Kier alpha value is -1.61. The third-order valence-electron chi connectivity index (χ3n) is 3.81. The highest BCUT2D eigenvalue weighted by Crippen LogP contribution is 2.28. The second-order valence-corrected chi connectivity index (χ2v) is 5.04. The van der Waals surface area contributed by atoms with E-state index >= 15 is 0 Å². The van der Waals surface area contributed by atoms with Gasteiger partial charge in [0, 0.05) is 11.6 Å². The van der Waals surface area contributed by atoms with Crippen molar-refractivity contribution >= 4 is 10.9 Å². The molecule has 0 amide bonds. The number of nitrogens with zero attached hydrogens (tertiary/aromatic N) is 1. The third kappa shape index (κ3) is 2.18. The second-order valence-electron chi connectivity index (χ2n) is 5.04. The van der Waals surface area contributed by atoms with Crippen LogP contribution in [0.2, 0.25) is 0 Å². The van der Waals surface area contributed by atoms with Gasteiger partial charge < -0.3 is 10.4 Å². The molecule has 0 radical (unpaired) electrons. The van der Waals surface area contributed by atoms with E-state index in [9.17, 15) is 5.11 Å². The summed E-state index contributed by atoms with van der Waals surface area (Å²) >= 11 is 0. The van der Waals surface area contributed by atoms with Crippen LogP contribution in [0.4, 0.5) is 0 Å². The third-order valence-corrected chi connectivity index (χ3v) is 3.81. The highest BCUT2D eigenvalue weighted by Gasteiger charge is 2.15. The molecule has 1 aromatic heterocycles.